The fourth-order valence-electron chi connectivity index (χ4n) is 3.57. The average molecular weight is 363 g/mol. The lowest BCUT2D eigenvalue weighted by Gasteiger charge is -2.42. The van der Waals surface area contributed by atoms with E-state index in [4.69, 9.17) is 16.3 Å². The van der Waals surface area contributed by atoms with Crippen molar-refractivity contribution in [3.63, 3.8) is 0 Å². The lowest BCUT2D eigenvalue weighted by Crippen LogP contribution is -2.57. The maximum absolute atomic E-state index is 12.4. The summed E-state index contributed by atoms with van der Waals surface area (Å²) in [5.74, 6) is 0.891. The molecule has 1 saturated carbocycles. The van der Waals surface area contributed by atoms with Crippen molar-refractivity contribution in [3.8, 4) is 0 Å². The Labute approximate surface area is 152 Å². The number of nitrogens with zero attached hydrogens (tertiary/aromatic N) is 3. The van der Waals surface area contributed by atoms with Gasteiger partial charge in [-0.2, -0.15) is 5.10 Å². The molecule has 7 heteroatoms. The molecule has 2 fully saturated rings. The van der Waals surface area contributed by atoms with Gasteiger partial charge < -0.3 is 14.5 Å². The lowest BCUT2D eigenvalue weighted by molar-refractivity contribution is 0.0205. The number of nitrogens with one attached hydrogen (secondary N) is 1. The predicted octanol–water partition coefficient (Wildman–Crippen LogP) is 3.81. The van der Waals surface area contributed by atoms with E-state index in [1.165, 1.54) is 0 Å². The molecule has 0 unspecified atom stereocenters. The number of piperazine rings is 1. The van der Waals surface area contributed by atoms with Crippen LogP contribution in [-0.4, -0.2) is 52.0 Å². The summed E-state index contributed by atoms with van der Waals surface area (Å²) < 4.78 is 5.54. The smallest absolute Gasteiger partial charge is 0.410 e. The molecule has 1 aliphatic heterocycles. The molecular formula is C18H23ClN4O2. The molecule has 0 bridgehead atoms. The Morgan fingerprint density at radius 3 is 2.76 bits per heavy atom. The monoisotopic (exact) mass is 362 g/mol. The first-order chi connectivity index (χ1) is 11.8. The molecule has 2 aromatic rings. The Morgan fingerprint density at radius 2 is 2.08 bits per heavy atom. The van der Waals surface area contributed by atoms with Crippen molar-refractivity contribution < 1.29 is 9.53 Å². The first kappa shape index (κ1) is 16.5. The molecule has 1 saturated heterocycles. The van der Waals surface area contributed by atoms with Gasteiger partial charge in [-0.1, -0.05) is 17.7 Å². The van der Waals surface area contributed by atoms with Gasteiger partial charge in [0.05, 0.1) is 21.5 Å². The van der Waals surface area contributed by atoms with Gasteiger partial charge in [0.2, 0.25) is 0 Å². The van der Waals surface area contributed by atoms with E-state index in [9.17, 15) is 4.79 Å². The standard InChI is InChI=1S/C18H23ClN4O2/c1-17(2,3)25-16(24)22-9-10-23(18(11-22)7-8-18)15-14-12(19)5-4-6-13(14)20-21-15/h4-6H,7-11H2,1-3H3,(H,20,21). The van der Waals surface area contributed by atoms with Crippen LogP contribution in [0.15, 0.2) is 18.2 Å². The van der Waals surface area contributed by atoms with E-state index in [0.29, 0.717) is 18.1 Å². The number of fused-ring (bicyclic) bond motifs is 1. The molecular weight excluding hydrogens is 340 g/mol. The SMILES string of the molecule is CC(C)(C)OC(=O)N1CCN(c2n[nH]c3cccc(Cl)c23)C2(CC2)C1. The van der Waals surface area contributed by atoms with Crippen LogP contribution in [-0.2, 0) is 4.74 Å². The van der Waals surface area contributed by atoms with E-state index in [-0.39, 0.29) is 11.6 Å². The van der Waals surface area contributed by atoms with Gasteiger partial charge in [-0.05, 0) is 45.7 Å². The third-order valence-corrected chi connectivity index (χ3v) is 5.22. The minimum absolute atomic E-state index is 0.0452. The van der Waals surface area contributed by atoms with Crippen molar-refractivity contribution in [1.29, 1.82) is 0 Å². The van der Waals surface area contributed by atoms with Gasteiger partial charge in [0.15, 0.2) is 5.82 Å². The van der Waals surface area contributed by atoms with E-state index >= 15 is 0 Å². The largest absolute Gasteiger partial charge is 0.444 e. The Morgan fingerprint density at radius 1 is 1.32 bits per heavy atom. The molecule has 134 valence electrons. The number of ether oxygens (including phenoxy) is 1. The molecule has 1 spiro atoms. The van der Waals surface area contributed by atoms with Crippen molar-refractivity contribution in [2.75, 3.05) is 24.5 Å². The topological polar surface area (TPSA) is 61.5 Å². The number of benzene rings is 1. The molecule has 1 aromatic heterocycles. The highest BCUT2D eigenvalue weighted by Crippen LogP contribution is 2.48. The third-order valence-electron chi connectivity index (χ3n) is 4.91. The van der Waals surface area contributed by atoms with Crippen molar-refractivity contribution in [2.45, 2.75) is 44.8 Å². The van der Waals surface area contributed by atoms with E-state index in [1.54, 1.807) is 0 Å². The van der Waals surface area contributed by atoms with Gasteiger partial charge in [0, 0.05) is 19.6 Å². The van der Waals surface area contributed by atoms with Crippen LogP contribution in [0.5, 0.6) is 0 Å². The lowest BCUT2D eigenvalue weighted by atomic mass is 10.1. The van der Waals surface area contributed by atoms with Crippen LogP contribution in [0.1, 0.15) is 33.6 Å². The van der Waals surface area contributed by atoms with Crippen LogP contribution >= 0.6 is 11.6 Å². The van der Waals surface area contributed by atoms with Gasteiger partial charge in [-0.25, -0.2) is 4.79 Å². The van der Waals surface area contributed by atoms with Crippen molar-refractivity contribution >= 4 is 34.4 Å². The minimum Gasteiger partial charge on any atom is -0.444 e. The zero-order chi connectivity index (χ0) is 17.8. The van der Waals surface area contributed by atoms with Crippen LogP contribution < -0.4 is 4.90 Å². The van der Waals surface area contributed by atoms with Crippen LogP contribution in [0.2, 0.25) is 5.02 Å². The fraction of sp³-hybridized carbons (Fsp3) is 0.556. The predicted molar refractivity (Wildman–Crippen MR) is 98.2 cm³/mol. The number of amides is 1. The minimum atomic E-state index is -0.475. The summed E-state index contributed by atoms with van der Waals surface area (Å²) in [6.07, 6.45) is 1.86. The Bertz CT molecular complexity index is 822. The highest BCUT2D eigenvalue weighted by Gasteiger charge is 2.53. The second kappa shape index (κ2) is 5.53. The van der Waals surface area contributed by atoms with Crippen LogP contribution in [0.25, 0.3) is 10.9 Å². The van der Waals surface area contributed by atoms with Gasteiger partial charge in [0.1, 0.15) is 5.60 Å². The zero-order valence-corrected chi connectivity index (χ0v) is 15.6. The molecule has 1 N–H and O–H groups in total. The second-order valence-corrected chi connectivity index (χ2v) is 8.39. The summed E-state index contributed by atoms with van der Waals surface area (Å²) in [5.41, 5.74) is 0.417. The molecule has 0 atom stereocenters. The summed E-state index contributed by atoms with van der Waals surface area (Å²) in [6.45, 7) is 7.70. The zero-order valence-electron chi connectivity index (χ0n) is 14.8. The number of halogens is 1. The Hall–Kier alpha value is -1.95. The highest BCUT2D eigenvalue weighted by atomic mass is 35.5. The van der Waals surface area contributed by atoms with Crippen molar-refractivity contribution in [1.82, 2.24) is 15.1 Å². The van der Waals surface area contributed by atoms with Crippen molar-refractivity contribution in [3.05, 3.63) is 23.2 Å². The van der Waals surface area contributed by atoms with E-state index < -0.39 is 5.60 Å². The highest BCUT2D eigenvalue weighted by molar-refractivity contribution is 6.36. The number of aromatic amines is 1. The Kier molecular flexibility index (Phi) is 3.65. The molecule has 2 aliphatic rings. The van der Waals surface area contributed by atoms with Gasteiger partial charge >= 0.3 is 6.09 Å². The van der Waals surface area contributed by atoms with Gasteiger partial charge in [-0.3, -0.25) is 5.10 Å². The molecule has 4 rings (SSSR count). The normalized spacial score (nSPS) is 19.5. The summed E-state index contributed by atoms with van der Waals surface area (Å²) in [7, 11) is 0. The third kappa shape index (κ3) is 2.92. The first-order valence-corrected chi connectivity index (χ1v) is 9.05. The molecule has 1 aromatic carbocycles. The molecule has 1 aliphatic carbocycles. The number of hydrogen-bond acceptors (Lipinski definition) is 4. The van der Waals surface area contributed by atoms with Crippen LogP contribution in [0.3, 0.4) is 0 Å². The number of carbonyl (C=O) groups excluding carboxylic acids is 1. The molecule has 1 amide bonds. The summed E-state index contributed by atoms with van der Waals surface area (Å²) in [4.78, 5) is 16.6. The molecule has 25 heavy (non-hydrogen) atoms. The van der Waals surface area contributed by atoms with Gasteiger partial charge in [-0.15, -0.1) is 0 Å². The maximum atomic E-state index is 12.4. The van der Waals surface area contributed by atoms with Gasteiger partial charge in [0.25, 0.3) is 0 Å². The second-order valence-electron chi connectivity index (χ2n) is 7.99. The maximum Gasteiger partial charge on any atom is 0.410 e. The van der Waals surface area contributed by atoms with Crippen LogP contribution in [0, 0.1) is 0 Å². The number of aromatic nitrogens is 2. The summed E-state index contributed by atoms with van der Waals surface area (Å²) in [6, 6.07) is 5.79. The number of H-pyrrole nitrogens is 1. The van der Waals surface area contributed by atoms with E-state index in [0.717, 1.165) is 36.1 Å². The van der Waals surface area contributed by atoms with E-state index in [1.807, 2.05) is 43.9 Å². The average Bonchev–Trinajstić information content (AvgIpc) is 3.14. The number of anilines is 1. The summed E-state index contributed by atoms with van der Waals surface area (Å²) >= 11 is 6.42. The number of carbonyl (C=O) groups is 1. The molecule has 2 heterocycles. The number of rotatable bonds is 1. The summed E-state index contributed by atoms with van der Waals surface area (Å²) in [5, 5.41) is 9.26. The van der Waals surface area contributed by atoms with Crippen molar-refractivity contribution in [2.24, 2.45) is 0 Å². The number of hydrogen-bond donors (Lipinski definition) is 1. The first-order valence-electron chi connectivity index (χ1n) is 8.67. The molecule has 6 nitrogen and oxygen atoms in total. The fourth-order valence-corrected chi connectivity index (χ4v) is 3.83. The Balaban J connectivity index is 1.59. The molecule has 0 radical (unpaired) electrons. The quantitative estimate of drug-likeness (QED) is 0.838. The van der Waals surface area contributed by atoms with E-state index in [2.05, 4.69) is 15.1 Å². The van der Waals surface area contributed by atoms with Crippen LogP contribution in [0.4, 0.5) is 10.6 Å².